The summed E-state index contributed by atoms with van der Waals surface area (Å²) >= 11 is 5.92. The highest BCUT2D eigenvalue weighted by Gasteiger charge is 2.28. The second-order valence-electron chi connectivity index (χ2n) is 7.48. The highest BCUT2D eigenvalue weighted by atomic mass is 35.5. The van der Waals surface area contributed by atoms with Crippen LogP contribution in [-0.4, -0.2) is 46.4 Å². The molecule has 0 aliphatic carbocycles. The second-order valence-corrected chi connectivity index (χ2v) is 7.92. The maximum atomic E-state index is 12.8. The molecule has 4 rings (SSSR count). The number of carbonyl (C=O) groups excluding carboxylic acids is 1. The minimum atomic E-state index is 0.0906. The number of amides is 1. The van der Waals surface area contributed by atoms with Crippen LogP contribution in [0.3, 0.4) is 0 Å². The highest BCUT2D eigenvalue weighted by molar-refractivity contribution is 6.30. The van der Waals surface area contributed by atoms with Gasteiger partial charge in [-0.1, -0.05) is 41.9 Å². The zero-order valence-corrected chi connectivity index (χ0v) is 17.2. The number of benzene rings is 2. The van der Waals surface area contributed by atoms with Gasteiger partial charge in [-0.15, -0.1) is 0 Å². The second kappa shape index (κ2) is 8.80. The molecule has 0 saturated carbocycles. The Kier molecular flexibility index (Phi) is 5.97. The van der Waals surface area contributed by atoms with E-state index in [1.165, 1.54) is 5.56 Å². The van der Waals surface area contributed by atoms with Crippen molar-refractivity contribution in [3.05, 3.63) is 77.1 Å². The first kappa shape index (κ1) is 19.7. The van der Waals surface area contributed by atoms with Crippen LogP contribution in [-0.2, 0) is 17.8 Å². The van der Waals surface area contributed by atoms with Crippen molar-refractivity contribution in [2.75, 3.05) is 19.6 Å². The first-order valence-corrected chi connectivity index (χ1v) is 10.2. The number of halogens is 1. The van der Waals surface area contributed by atoms with E-state index in [9.17, 15) is 4.79 Å². The van der Waals surface area contributed by atoms with E-state index in [1.807, 2.05) is 23.1 Å². The molecule has 1 aliphatic heterocycles. The molecule has 5 nitrogen and oxygen atoms in total. The maximum Gasteiger partial charge on any atom is 0.229 e. The van der Waals surface area contributed by atoms with Crippen molar-refractivity contribution in [3.8, 4) is 11.5 Å². The van der Waals surface area contributed by atoms with Gasteiger partial charge in [0.2, 0.25) is 11.8 Å². The van der Waals surface area contributed by atoms with E-state index in [0.29, 0.717) is 16.6 Å². The van der Waals surface area contributed by atoms with E-state index < -0.39 is 0 Å². The topological polar surface area (TPSA) is 49.6 Å². The van der Waals surface area contributed by atoms with E-state index >= 15 is 0 Å². The fourth-order valence-electron chi connectivity index (χ4n) is 3.76. The van der Waals surface area contributed by atoms with E-state index in [0.717, 1.165) is 31.7 Å². The van der Waals surface area contributed by atoms with Gasteiger partial charge >= 0.3 is 0 Å². The summed E-state index contributed by atoms with van der Waals surface area (Å²) in [7, 11) is 0. The van der Waals surface area contributed by atoms with Crippen molar-refractivity contribution in [2.45, 2.75) is 25.9 Å². The number of hydrogen-bond acceptors (Lipinski definition) is 4. The number of aromatic nitrogens is 1. The summed E-state index contributed by atoms with van der Waals surface area (Å²) in [4.78, 5) is 21.7. The van der Waals surface area contributed by atoms with Gasteiger partial charge < -0.3 is 9.32 Å². The molecule has 1 aromatic heterocycles. The van der Waals surface area contributed by atoms with Crippen LogP contribution in [0.2, 0.25) is 5.02 Å². The molecule has 1 amide bonds. The predicted molar refractivity (Wildman–Crippen MR) is 114 cm³/mol. The fourth-order valence-corrected chi connectivity index (χ4v) is 3.88. The predicted octanol–water partition coefficient (Wildman–Crippen LogP) is 4.27. The van der Waals surface area contributed by atoms with Crippen molar-refractivity contribution >= 4 is 17.5 Å². The molecule has 3 aromatic rings. The normalized spacial score (nSPS) is 17.4. The van der Waals surface area contributed by atoms with Crippen LogP contribution in [0.25, 0.3) is 11.5 Å². The quantitative estimate of drug-likeness (QED) is 0.631. The molecule has 0 N–H and O–H groups in total. The van der Waals surface area contributed by atoms with Crippen LogP contribution in [0, 0.1) is 0 Å². The van der Waals surface area contributed by atoms with Crippen LogP contribution >= 0.6 is 11.6 Å². The molecular formula is C23H24ClN3O2. The van der Waals surface area contributed by atoms with Gasteiger partial charge in [0.05, 0.1) is 12.1 Å². The van der Waals surface area contributed by atoms with E-state index in [-0.39, 0.29) is 18.4 Å². The standard InChI is InChI=1S/C23H24ClN3O2/c1-17-14-26(15-18-5-3-2-4-6-18)11-12-27(17)22(28)13-21-16-29-23(25-21)19-7-9-20(24)10-8-19/h2-10,16-17H,11-15H2,1H3/t17-/m1/s1. The third-order valence-corrected chi connectivity index (χ3v) is 5.51. The number of nitrogens with zero attached hydrogens (tertiary/aromatic N) is 3. The number of rotatable bonds is 5. The van der Waals surface area contributed by atoms with Crippen LogP contribution in [0.1, 0.15) is 18.2 Å². The minimum absolute atomic E-state index is 0.0906. The van der Waals surface area contributed by atoms with E-state index in [1.54, 1.807) is 18.4 Å². The molecule has 0 unspecified atom stereocenters. The van der Waals surface area contributed by atoms with Crippen molar-refractivity contribution < 1.29 is 9.21 Å². The molecule has 1 aliphatic rings. The smallest absolute Gasteiger partial charge is 0.229 e. The van der Waals surface area contributed by atoms with Crippen molar-refractivity contribution in [1.82, 2.24) is 14.8 Å². The van der Waals surface area contributed by atoms with Gasteiger partial charge in [-0.2, -0.15) is 0 Å². The molecule has 0 spiro atoms. The summed E-state index contributed by atoms with van der Waals surface area (Å²) in [5.74, 6) is 0.595. The minimum Gasteiger partial charge on any atom is -0.444 e. The maximum absolute atomic E-state index is 12.8. The molecule has 2 aromatic carbocycles. The van der Waals surface area contributed by atoms with E-state index in [4.69, 9.17) is 16.0 Å². The Hall–Kier alpha value is -2.63. The van der Waals surface area contributed by atoms with Crippen LogP contribution in [0.15, 0.2) is 65.3 Å². The molecule has 2 heterocycles. The van der Waals surface area contributed by atoms with E-state index in [2.05, 4.69) is 41.1 Å². The van der Waals surface area contributed by atoms with Gasteiger partial charge in [0.15, 0.2) is 0 Å². The monoisotopic (exact) mass is 409 g/mol. The summed E-state index contributed by atoms with van der Waals surface area (Å²) in [5.41, 5.74) is 2.80. The Labute approximate surface area is 175 Å². The summed E-state index contributed by atoms with van der Waals surface area (Å²) in [5, 5.41) is 0.663. The van der Waals surface area contributed by atoms with Crippen molar-refractivity contribution in [3.63, 3.8) is 0 Å². The Balaban J connectivity index is 1.34. The van der Waals surface area contributed by atoms with Gasteiger partial charge in [-0.3, -0.25) is 9.69 Å². The third kappa shape index (κ3) is 4.86. The molecule has 1 saturated heterocycles. The first-order chi connectivity index (χ1) is 14.1. The zero-order valence-electron chi connectivity index (χ0n) is 16.4. The summed E-state index contributed by atoms with van der Waals surface area (Å²) in [6.07, 6.45) is 1.82. The summed E-state index contributed by atoms with van der Waals surface area (Å²) in [6, 6.07) is 17.9. The molecule has 29 heavy (non-hydrogen) atoms. The first-order valence-electron chi connectivity index (χ1n) is 9.84. The zero-order chi connectivity index (χ0) is 20.2. The van der Waals surface area contributed by atoms with Crippen molar-refractivity contribution in [1.29, 1.82) is 0 Å². The third-order valence-electron chi connectivity index (χ3n) is 5.26. The lowest BCUT2D eigenvalue weighted by Gasteiger charge is -2.40. The largest absolute Gasteiger partial charge is 0.444 e. The molecule has 1 fully saturated rings. The number of oxazole rings is 1. The number of piperazine rings is 1. The van der Waals surface area contributed by atoms with Gasteiger partial charge in [0.25, 0.3) is 0 Å². The molecule has 1 atom stereocenters. The average molecular weight is 410 g/mol. The van der Waals surface area contributed by atoms with Crippen LogP contribution in [0.5, 0.6) is 0 Å². The lowest BCUT2D eigenvalue weighted by Crippen LogP contribution is -2.54. The molecular weight excluding hydrogens is 386 g/mol. The van der Waals surface area contributed by atoms with Gasteiger partial charge in [0.1, 0.15) is 6.26 Å². The SMILES string of the molecule is C[C@@H]1CN(Cc2ccccc2)CCN1C(=O)Cc1coc(-c2ccc(Cl)cc2)n1. The Morgan fingerprint density at radius 1 is 1.14 bits per heavy atom. The molecule has 0 radical (unpaired) electrons. The van der Waals surface area contributed by atoms with Gasteiger partial charge in [-0.05, 0) is 36.8 Å². The molecule has 150 valence electrons. The Morgan fingerprint density at radius 3 is 2.62 bits per heavy atom. The highest BCUT2D eigenvalue weighted by Crippen LogP contribution is 2.22. The fraction of sp³-hybridized carbons (Fsp3) is 0.304. The van der Waals surface area contributed by atoms with Gasteiger partial charge in [0, 0.05) is 42.8 Å². The Morgan fingerprint density at radius 2 is 1.90 bits per heavy atom. The summed E-state index contributed by atoms with van der Waals surface area (Å²) < 4.78 is 5.56. The average Bonchev–Trinajstić information content (AvgIpc) is 3.18. The summed E-state index contributed by atoms with van der Waals surface area (Å²) in [6.45, 7) is 5.50. The van der Waals surface area contributed by atoms with Gasteiger partial charge in [-0.25, -0.2) is 4.98 Å². The van der Waals surface area contributed by atoms with Crippen LogP contribution < -0.4 is 0 Å². The Bertz CT molecular complexity index is 956. The number of hydrogen-bond donors (Lipinski definition) is 0. The lowest BCUT2D eigenvalue weighted by molar-refractivity contribution is -0.135. The molecule has 6 heteroatoms. The molecule has 0 bridgehead atoms. The van der Waals surface area contributed by atoms with Crippen molar-refractivity contribution in [2.24, 2.45) is 0 Å². The lowest BCUT2D eigenvalue weighted by atomic mass is 10.1. The number of carbonyl (C=O) groups is 1. The van der Waals surface area contributed by atoms with Crippen LogP contribution in [0.4, 0.5) is 0 Å².